The maximum atomic E-state index is 12.1. The van der Waals surface area contributed by atoms with Gasteiger partial charge in [-0.3, -0.25) is 4.79 Å². The van der Waals surface area contributed by atoms with Crippen LogP contribution in [0.4, 0.5) is 0 Å². The van der Waals surface area contributed by atoms with Gasteiger partial charge in [0, 0.05) is 6.42 Å². The zero-order valence-corrected chi connectivity index (χ0v) is 13.4. The number of carboxylic acids is 1. The van der Waals surface area contributed by atoms with Crippen molar-refractivity contribution in [3.63, 3.8) is 0 Å². The second-order valence-electron chi connectivity index (χ2n) is 7.05. The van der Waals surface area contributed by atoms with Gasteiger partial charge in [-0.1, -0.05) is 30.3 Å². The van der Waals surface area contributed by atoms with Gasteiger partial charge in [-0.2, -0.15) is 0 Å². The lowest BCUT2D eigenvalue weighted by molar-refractivity contribution is -0.142. The number of carboxylic acid groups (broad SMARTS) is 1. The van der Waals surface area contributed by atoms with Crippen LogP contribution in [-0.4, -0.2) is 23.0 Å². The predicted molar refractivity (Wildman–Crippen MR) is 88.0 cm³/mol. The van der Waals surface area contributed by atoms with Crippen molar-refractivity contribution < 1.29 is 14.7 Å². The number of benzene rings is 1. The van der Waals surface area contributed by atoms with Crippen LogP contribution in [0.15, 0.2) is 30.3 Å². The third-order valence-corrected chi connectivity index (χ3v) is 5.27. The summed E-state index contributed by atoms with van der Waals surface area (Å²) in [5.74, 6) is 0.156. The van der Waals surface area contributed by atoms with E-state index in [4.69, 9.17) is 0 Å². The zero-order valence-electron chi connectivity index (χ0n) is 13.4. The van der Waals surface area contributed by atoms with Crippen LogP contribution < -0.4 is 5.32 Å². The van der Waals surface area contributed by atoms with E-state index in [0.29, 0.717) is 18.3 Å². The standard InChI is InChI=1S/C19H25NO3/c21-17(20-18(19(22)23)16-10-11-16)12-13-6-8-15(9-7-13)14-4-2-1-3-5-14/h1-5,13,15-16,18H,6-12H2,(H,20,21)(H,22,23). The van der Waals surface area contributed by atoms with E-state index in [1.165, 1.54) is 5.56 Å². The molecule has 1 atom stereocenters. The summed E-state index contributed by atoms with van der Waals surface area (Å²) in [5, 5.41) is 11.9. The minimum atomic E-state index is -0.895. The minimum absolute atomic E-state index is 0.0903. The molecule has 1 amide bonds. The SMILES string of the molecule is O=C(CC1CCC(c2ccccc2)CC1)NC(C(=O)O)C1CC1. The second kappa shape index (κ2) is 7.16. The van der Waals surface area contributed by atoms with Crippen LogP contribution in [0.1, 0.15) is 56.4 Å². The van der Waals surface area contributed by atoms with Gasteiger partial charge in [0.25, 0.3) is 0 Å². The number of rotatable bonds is 6. The zero-order chi connectivity index (χ0) is 16.2. The molecule has 0 heterocycles. The lowest BCUT2D eigenvalue weighted by atomic mass is 9.77. The average Bonchev–Trinajstić information content (AvgIpc) is 3.39. The van der Waals surface area contributed by atoms with Gasteiger partial charge in [0.2, 0.25) is 5.91 Å². The van der Waals surface area contributed by atoms with Crippen molar-refractivity contribution in [2.45, 2.75) is 56.9 Å². The van der Waals surface area contributed by atoms with Gasteiger partial charge in [-0.05, 0) is 61.8 Å². The van der Waals surface area contributed by atoms with E-state index in [9.17, 15) is 14.7 Å². The topological polar surface area (TPSA) is 66.4 Å². The van der Waals surface area contributed by atoms with E-state index in [-0.39, 0.29) is 11.8 Å². The molecule has 0 aliphatic heterocycles. The van der Waals surface area contributed by atoms with Crippen LogP contribution in [0.25, 0.3) is 0 Å². The molecule has 2 aliphatic carbocycles. The molecule has 3 rings (SSSR count). The first-order valence-corrected chi connectivity index (χ1v) is 8.70. The molecule has 1 aromatic carbocycles. The number of carbonyl (C=O) groups is 2. The quantitative estimate of drug-likeness (QED) is 0.846. The Morgan fingerprint density at radius 3 is 2.26 bits per heavy atom. The van der Waals surface area contributed by atoms with Crippen LogP contribution in [0.3, 0.4) is 0 Å². The molecule has 0 radical (unpaired) electrons. The van der Waals surface area contributed by atoms with E-state index in [2.05, 4.69) is 29.6 Å². The van der Waals surface area contributed by atoms with Gasteiger partial charge in [-0.15, -0.1) is 0 Å². The van der Waals surface area contributed by atoms with Crippen molar-refractivity contribution in [2.75, 3.05) is 0 Å². The normalized spacial score (nSPS) is 25.6. The third kappa shape index (κ3) is 4.34. The maximum Gasteiger partial charge on any atom is 0.326 e. The van der Waals surface area contributed by atoms with Crippen LogP contribution in [-0.2, 0) is 9.59 Å². The van der Waals surface area contributed by atoms with Gasteiger partial charge >= 0.3 is 5.97 Å². The minimum Gasteiger partial charge on any atom is -0.480 e. The van der Waals surface area contributed by atoms with Crippen molar-refractivity contribution >= 4 is 11.9 Å². The molecule has 4 heteroatoms. The third-order valence-electron chi connectivity index (χ3n) is 5.27. The lowest BCUT2D eigenvalue weighted by Gasteiger charge is -2.28. The van der Waals surface area contributed by atoms with Gasteiger partial charge in [0.15, 0.2) is 0 Å². The fourth-order valence-corrected chi connectivity index (χ4v) is 3.73. The molecule has 2 fully saturated rings. The Morgan fingerprint density at radius 1 is 1.04 bits per heavy atom. The summed E-state index contributed by atoms with van der Waals surface area (Å²) < 4.78 is 0. The Kier molecular flexibility index (Phi) is 4.99. The second-order valence-corrected chi connectivity index (χ2v) is 7.05. The van der Waals surface area contributed by atoms with Crippen molar-refractivity contribution in [1.82, 2.24) is 5.32 Å². The summed E-state index contributed by atoms with van der Waals surface area (Å²) in [5.41, 5.74) is 1.40. The molecule has 0 aromatic heterocycles. The Morgan fingerprint density at radius 2 is 1.70 bits per heavy atom. The summed E-state index contributed by atoms with van der Waals surface area (Å²) in [6.45, 7) is 0. The molecule has 1 aromatic rings. The molecular weight excluding hydrogens is 290 g/mol. The predicted octanol–water partition coefficient (Wildman–Crippen LogP) is 3.33. The molecule has 0 saturated heterocycles. The van der Waals surface area contributed by atoms with Gasteiger partial charge in [-0.25, -0.2) is 4.79 Å². The van der Waals surface area contributed by atoms with Crippen molar-refractivity contribution in [2.24, 2.45) is 11.8 Å². The van der Waals surface area contributed by atoms with Gasteiger partial charge in [0.05, 0.1) is 0 Å². The maximum absolute atomic E-state index is 12.1. The molecular formula is C19H25NO3. The Hall–Kier alpha value is -1.84. The Labute approximate surface area is 137 Å². The number of hydrogen-bond acceptors (Lipinski definition) is 2. The van der Waals surface area contributed by atoms with Crippen LogP contribution in [0.2, 0.25) is 0 Å². The monoisotopic (exact) mass is 315 g/mol. The first-order chi connectivity index (χ1) is 11.1. The molecule has 2 saturated carbocycles. The molecule has 23 heavy (non-hydrogen) atoms. The van der Waals surface area contributed by atoms with E-state index in [1.807, 2.05) is 6.07 Å². The van der Waals surface area contributed by atoms with Crippen LogP contribution >= 0.6 is 0 Å². The number of hydrogen-bond donors (Lipinski definition) is 2. The Balaban J connectivity index is 1.45. The fraction of sp³-hybridized carbons (Fsp3) is 0.579. The van der Waals surface area contributed by atoms with E-state index < -0.39 is 12.0 Å². The smallest absolute Gasteiger partial charge is 0.326 e. The summed E-state index contributed by atoms with van der Waals surface area (Å²) >= 11 is 0. The lowest BCUT2D eigenvalue weighted by Crippen LogP contribution is -2.43. The summed E-state index contributed by atoms with van der Waals surface area (Å²) in [6, 6.07) is 9.90. The number of aliphatic carboxylic acids is 1. The summed E-state index contributed by atoms with van der Waals surface area (Å²) in [6.07, 6.45) is 6.64. The molecule has 0 spiro atoms. The van der Waals surface area contributed by atoms with Crippen LogP contribution in [0, 0.1) is 11.8 Å². The molecule has 0 bridgehead atoms. The summed E-state index contributed by atoms with van der Waals surface area (Å²) in [7, 11) is 0. The molecule has 2 aliphatic rings. The Bertz CT molecular complexity index is 545. The number of amides is 1. The first kappa shape index (κ1) is 16.0. The highest BCUT2D eigenvalue weighted by Gasteiger charge is 2.37. The highest BCUT2D eigenvalue weighted by atomic mass is 16.4. The number of nitrogens with one attached hydrogen (secondary N) is 1. The highest BCUT2D eigenvalue weighted by molar-refractivity contribution is 5.84. The van der Waals surface area contributed by atoms with Crippen molar-refractivity contribution in [3.05, 3.63) is 35.9 Å². The molecule has 124 valence electrons. The largest absolute Gasteiger partial charge is 0.480 e. The van der Waals surface area contributed by atoms with Crippen molar-refractivity contribution in [1.29, 1.82) is 0 Å². The first-order valence-electron chi connectivity index (χ1n) is 8.70. The van der Waals surface area contributed by atoms with Crippen LogP contribution in [0.5, 0.6) is 0 Å². The van der Waals surface area contributed by atoms with E-state index in [1.54, 1.807) is 0 Å². The van der Waals surface area contributed by atoms with Gasteiger partial charge in [0.1, 0.15) is 6.04 Å². The highest BCUT2D eigenvalue weighted by Crippen LogP contribution is 2.37. The van der Waals surface area contributed by atoms with E-state index >= 15 is 0 Å². The van der Waals surface area contributed by atoms with E-state index in [0.717, 1.165) is 38.5 Å². The number of carbonyl (C=O) groups excluding carboxylic acids is 1. The van der Waals surface area contributed by atoms with Gasteiger partial charge < -0.3 is 10.4 Å². The fourth-order valence-electron chi connectivity index (χ4n) is 3.73. The molecule has 4 nitrogen and oxygen atoms in total. The molecule has 2 N–H and O–H groups in total. The average molecular weight is 315 g/mol. The summed E-state index contributed by atoms with van der Waals surface area (Å²) in [4.78, 5) is 23.3. The molecule has 1 unspecified atom stereocenters. The van der Waals surface area contributed by atoms with Crippen molar-refractivity contribution in [3.8, 4) is 0 Å².